The second kappa shape index (κ2) is 6.55. The minimum atomic E-state index is 0.551. The molecule has 0 nitrogen and oxygen atoms in total. The summed E-state index contributed by atoms with van der Waals surface area (Å²) >= 11 is 0. The van der Waals surface area contributed by atoms with Crippen molar-refractivity contribution in [3.8, 4) is 0 Å². The van der Waals surface area contributed by atoms with Gasteiger partial charge in [0.05, 0.1) is 0 Å². The first kappa shape index (κ1) is 15.0. The van der Waals surface area contributed by atoms with E-state index in [2.05, 4.69) is 48.5 Å². The lowest BCUT2D eigenvalue weighted by Crippen LogP contribution is -2.38. The fourth-order valence-corrected chi connectivity index (χ4v) is 3.55. The van der Waals surface area contributed by atoms with Gasteiger partial charge in [0.25, 0.3) is 0 Å². The quantitative estimate of drug-likeness (QED) is 0.487. The monoisotopic (exact) mass is 212 g/mol. The number of hydrogen-bond donors (Lipinski definition) is 0. The predicted molar refractivity (Wildman–Crippen MR) is 71.1 cm³/mol. The molecule has 0 heterocycles. The van der Waals surface area contributed by atoms with Crippen molar-refractivity contribution in [2.45, 2.75) is 74.1 Å². The maximum Gasteiger partial charge on any atom is -0.0228 e. The Morgan fingerprint density at radius 3 is 1.40 bits per heavy atom. The van der Waals surface area contributed by atoms with Gasteiger partial charge in [0.2, 0.25) is 0 Å². The third kappa shape index (κ3) is 3.50. The van der Waals surface area contributed by atoms with Crippen LogP contribution in [0.2, 0.25) is 0 Å². The van der Waals surface area contributed by atoms with Crippen LogP contribution in [0.1, 0.15) is 74.1 Å². The summed E-state index contributed by atoms with van der Waals surface area (Å²) in [5.74, 6) is 2.40. The fraction of sp³-hybridized carbons (Fsp3) is 1.00. The van der Waals surface area contributed by atoms with Gasteiger partial charge < -0.3 is 0 Å². The molecule has 0 aliphatic heterocycles. The highest BCUT2D eigenvalue weighted by atomic mass is 14.4. The molecule has 0 aromatic carbocycles. The van der Waals surface area contributed by atoms with Gasteiger partial charge in [-0.2, -0.15) is 0 Å². The van der Waals surface area contributed by atoms with E-state index in [4.69, 9.17) is 0 Å². The van der Waals surface area contributed by atoms with E-state index < -0.39 is 0 Å². The van der Waals surface area contributed by atoms with E-state index in [-0.39, 0.29) is 0 Å². The highest BCUT2D eigenvalue weighted by Crippen LogP contribution is 2.46. The third-order valence-corrected chi connectivity index (χ3v) is 4.44. The zero-order chi connectivity index (χ0) is 12.1. The van der Waals surface area contributed by atoms with Crippen LogP contribution in [-0.2, 0) is 0 Å². The molecule has 0 radical (unpaired) electrons. The van der Waals surface area contributed by atoms with E-state index in [1.807, 2.05) is 0 Å². The van der Waals surface area contributed by atoms with Crippen molar-refractivity contribution in [2.24, 2.45) is 23.2 Å². The second-order valence-electron chi connectivity index (χ2n) is 6.03. The summed E-state index contributed by atoms with van der Waals surface area (Å²) in [5.41, 5.74) is 0.551. The van der Waals surface area contributed by atoms with Crippen molar-refractivity contribution in [2.75, 3.05) is 0 Å². The van der Waals surface area contributed by atoms with Crippen LogP contribution in [0.5, 0.6) is 0 Å². The molecule has 0 aromatic rings. The Labute approximate surface area is 97.8 Å². The molecule has 0 saturated heterocycles. The molecule has 0 spiro atoms. The number of unbranched alkanes of at least 4 members (excludes halogenated alkanes) is 2. The molecular weight excluding hydrogens is 180 g/mol. The first-order chi connectivity index (χ1) is 6.89. The molecule has 0 aromatic heterocycles. The molecule has 0 heteroatoms. The van der Waals surface area contributed by atoms with Crippen LogP contribution in [-0.4, -0.2) is 0 Å². The summed E-state index contributed by atoms with van der Waals surface area (Å²) in [6.45, 7) is 16.7. The van der Waals surface area contributed by atoms with Gasteiger partial charge in [0, 0.05) is 0 Å². The van der Waals surface area contributed by atoms with E-state index in [1.54, 1.807) is 0 Å². The van der Waals surface area contributed by atoms with E-state index >= 15 is 0 Å². The smallest absolute Gasteiger partial charge is 0.0228 e. The topological polar surface area (TPSA) is 0 Å². The van der Waals surface area contributed by atoms with Crippen LogP contribution in [0.3, 0.4) is 0 Å². The molecule has 0 bridgehead atoms. The Bertz CT molecular complexity index is 132. The zero-order valence-corrected chi connectivity index (χ0v) is 12.1. The average molecular weight is 212 g/mol. The SMILES string of the molecule is CCCCCC(C(C)C)(C(C)C)C(C)C. The zero-order valence-electron chi connectivity index (χ0n) is 12.1. The molecule has 0 saturated carbocycles. The van der Waals surface area contributed by atoms with Crippen molar-refractivity contribution >= 4 is 0 Å². The van der Waals surface area contributed by atoms with Crippen molar-refractivity contribution in [3.63, 3.8) is 0 Å². The predicted octanol–water partition coefficient (Wildman–Crippen LogP) is 5.52. The van der Waals surface area contributed by atoms with Gasteiger partial charge in [-0.25, -0.2) is 0 Å². The summed E-state index contributed by atoms with van der Waals surface area (Å²) in [6.07, 6.45) is 5.55. The molecule has 0 atom stereocenters. The Hall–Kier alpha value is 0. The second-order valence-corrected chi connectivity index (χ2v) is 6.03. The van der Waals surface area contributed by atoms with Crippen LogP contribution in [0.15, 0.2) is 0 Å². The van der Waals surface area contributed by atoms with E-state index in [0.717, 1.165) is 17.8 Å². The molecule has 0 unspecified atom stereocenters. The van der Waals surface area contributed by atoms with Gasteiger partial charge in [0.15, 0.2) is 0 Å². The Balaban J connectivity index is 4.65. The maximum atomic E-state index is 2.41. The molecule has 92 valence electrons. The molecule has 0 rings (SSSR count). The van der Waals surface area contributed by atoms with Crippen LogP contribution in [0.25, 0.3) is 0 Å². The molecular formula is C15H32. The van der Waals surface area contributed by atoms with Gasteiger partial charge in [-0.1, -0.05) is 67.7 Å². The van der Waals surface area contributed by atoms with Crippen LogP contribution < -0.4 is 0 Å². The summed E-state index contributed by atoms with van der Waals surface area (Å²) in [5, 5.41) is 0. The largest absolute Gasteiger partial charge is 0.0654 e. The van der Waals surface area contributed by atoms with Crippen LogP contribution in [0, 0.1) is 23.2 Å². The lowest BCUT2D eigenvalue weighted by molar-refractivity contribution is 0.0357. The van der Waals surface area contributed by atoms with Gasteiger partial charge >= 0.3 is 0 Å². The van der Waals surface area contributed by atoms with E-state index in [0.29, 0.717) is 5.41 Å². The third-order valence-electron chi connectivity index (χ3n) is 4.44. The van der Waals surface area contributed by atoms with E-state index in [9.17, 15) is 0 Å². The molecule has 0 aliphatic carbocycles. The molecule has 0 N–H and O–H groups in total. The van der Waals surface area contributed by atoms with Gasteiger partial charge in [-0.05, 0) is 29.6 Å². The molecule has 0 amide bonds. The van der Waals surface area contributed by atoms with Crippen LogP contribution in [0.4, 0.5) is 0 Å². The highest BCUT2D eigenvalue weighted by Gasteiger charge is 2.38. The van der Waals surface area contributed by atoms with E-state index in [1.165, 1.54) is 25.7 Å². The normalized spacial score (nSPS) is 13.2. The first-order valence-corrected chi connectivity index (χ1v) is 6.89. The minimum absolute atomic E-state index is 0.551. The summed E-state index contributed by atoms with van der Waals surface area (Å²) in [7, 11) is 0. The van der Waals surface area contributed by atoms with Gasteiger partial charge in [-0.3, -0.25) is 0 Å². The highest BCUT2D eigenvalue weighted by molar-refractivity contribution is 4.88. The van der Waals surface area contributed by atoms with Crippen molar-refractivity contribution < 1.29 is 0 Å². The minimum Gasteiger partial charge on any atom is -0.0654 e. The molecule has 0 fully saturated rings. The van der Waals surface area contributed by atoms with Gasteiger partial charge in [0.1, 0.15) is 0 Å². The maximum absolute atomic E-state index is 2.41. The molecule has 15 heavy (non-hydrogen) atoms. The average Bonchev–Trinajstić information content (AvgIpc) is 2.10. The Morgan fingerprint density at radius 1 is 0.733 bits per heavy atom. The Kier molecular flexibility index (Phi) is 6.55. The summed E-state index contributed by atoms with van der Waals surface area (Å²) in [4.78, 5) is 0. The summed E-state index contributed by atoms with van der Waals surface area (Å²) in [6, 6.07) is 0. The lowest BCUT2D eigenvalue weighted by atomic mass is 9.60. The fourth-order valence-electron chi connectivity index (χ4n) is 3.55. The standard InChI is InChI=1S/C15H32/c1-8-9-10-11-15(12(2)3,13(4)5)14(6)7/h12-14H,8-11H2,1-7H3. The van der Waals surface area contributed by atoms with Crippen molar-refractivity contribution in [1.29, 1.82) is 0 Å². The van der Waals surface area contributed by atoms with Crippen molar-refractivity contribution in [3.05, 3.63) is 0 Å². The molecule has 0 aliphatic rings. The lowest BCUT2D eigenvalue weighted by Gasteiger charge is -2.45. The van der Waals surface area contributed by atoms with Crippen molar-refractivity contribution in [1.82, 2.24) is 0 Å². The first-order valence-electron chi connectivity index (χ1n) is 6.89. The summed E-state index contributed by atoms with van der Waals surface area (Å²) < 4.78 is 0. The number of rotatable bonds is 7. The van der Waals surface area contributed by atoms with Crippen LogP contribution >= 0.6 is 0 Å². The van der Waals surface area contributed by atoms with Gasteiger partial charge in [-0.15, -0.1) is 0 Å². The number of hydrogen-bond acceptors (Lipinski definition) is 0. The Morgan fingerprint density at radius 2 is 1.13 bits per heavy atom.